The zero-order chi connectivity index (χ0) is 16.2. The summed E-state index contributed by atoms with van der Waals surface area (Å²) in [6, 6.07) is 9.20. The highest BCUT2D eigenvalue weighted by atomic mass is 16.5. The van der Waals surface area contributed by atoms with Crippen molar-refractivity contribution in [1.82, 2.24) is 15.1 Å². The Bertz CT molecular complexity index is 662. The molecule has 0 spiro atoms. The number of amides is 1. The van der Waals surface area contributed by atoms with Gasteiger partial charge in [0.15, 0.2) is 5.69 Å². The van der Waals surface area contributed by atoms with E-state index >= 15 is 0 Å². The van der Waals surface area contributed by atoms with Crippen molar-refractivity contribution in [2.45, 2.75) is 18.9 Å². The molecule has 1 fully saturated rings. The van der Waals surface area contributed by atoms with Crippen molar-refractivity contribution >= 4 is 5.91 Å². The summed E-state index contributed by atoms with van der Waals surface area (Å²) >= 11 is 0. The topological polar surface area (TPSA) is 65.4 Å². The number of methoxy groups -OCH3 is 2. The van der Waals surface area contributed by atoms with Crippen molar-refractivity contribution < 1.29 is 14.3 Å². The molecule has 3 rings (SSSR count). The molecule has 1 aromatic heterocycles. The molecular weight excluding hydrogens is 294 g/mol. The van der Waals surface area contributed by atoms with Gasteiger partial charge in [0.2, 0.25) is 0 Å². The Balaban J connectivity index is 1.62. The number of rotatable bonds is 7. The number of hydrogen-bond donors (Lipinski definition) is 1. The maximum Gasteiger partial charge on any atom is 0.271 e. The van der Waals surface area contributed by atoms with Crippen molar-refractivity contribution in [1.29, 1.82) is 0 Å². The van der Waals surface area contributed by atoms with Crippen LogP contribution in [-0.4, -0.2) is 42.6 Å². The fraction of sp³-hybridized carbons (Fsp3) is 0.412. The predicted molar refractivity (Wildman–Crippen MR) is 86.0 cm³/mol. The Labute approximate surface area is 135 Å². The van der Waals surface area contributed by atoms with E-state index in [0.717, 1.165) is 11.4 Å². The van der Waals surface area contributed by atoms with Gasteiger partial charge in [0.1, 0.15) is 5.75 Å². The molecule has 6 nitrogen and oxygen atoms in total. The van der Waals surface area contributed by atoms with E-state index in [1.165, 1.54) is 12.8 Å². The first-order valence-corrected chi connectivity index (χ1v) is 7.72. The molecule has 2 aromatic rings. The van der Waals surface area contributed by atoms with Gasteiger partial charge in [0.05, 0.1) is 18.9 Å². The van der Waals surface area contributed by atoms with Crippen LogP contribution in [0.2, 0.25) is 0 Å². The molecule has 0 radical (unpaired) electrons. The smallest absolute Gasteiger partial charge is 0.271 e. The number of carbonyl (C=O) groups is 1. The van der Waals surface area contributed by atoms with E-state index in [2.05, 4.69) is 10.4 Å². The first kappa shape index (κ1) is 15.6. The standard InChI is InChI=1S/C17H21N3O3/c1-22-14-7-5-13(6-8-14)20-10-9-15(19-20)17(21)18-11-16(23-2)12-3-4-12/h5-10,12,16H,3-4,11H2,1-2H3,(H,18,21). The average Bonchev–Trinajstić information content (AvgIpc) is 3.31. The first-order valence-electron chi connectivity index (χ1n) is 7.72. The Kier molecular flexibility index (Phi) is 4.62. The lowest BCUT2D eigenvalue weighted by Gasteiger charge is -2.14. The molecule has 23 heavy (non-hydrogen) atoms. The molecule has 1 saturated carbocycles. The van der Waals surface area contributed by atoms with E-state index in [4.69, 9.17) is 9.47 Å². The second-order valence-corrected chi connectivity index (χ2v) is 5.67. The summed E-state index contributed by atoms with van der Waals surface area (Å²) in [5.41, 5.74) is 1.27. The summed E-state index contributed by atoms with van der Waals surface area (Å²) in [7, 11) is 3.31. The minimum absolute atomic E-state index is 0.0997. The van der Waals surface area contributed by atoms with Crippen molar-refractivity contribution in [3.05, 3.63) is 42.2 Å². The summed E-state index contributed by atoms with van der Waals surface area (Å²) in [6.07, 6.45) is 4.23. The highest BCUT2D eigenvalue weighted by Gasteiger charge is 2.31. The molecule has 1 aliphatic carbocycles. The van der Waals surface area contributed by atoms with Crippen LogP contribution in [0.15, 0.2) is 36.5 Å². The zero-order valence-electron chi connectivity index (χ0n) is 13.4. The van der Waals surface area contributed by atoms with Gasteiger partial charge in [-0.2, -0.15) is 5.10 Å². The fourth-order valence-electron chi connectivity index (χ4n) is 2.52. The third-order valence-electron chi connectivity index (χ3n) is 4.07. The second kappa shape index (κ2) is 6.83. The van der Waals surface area contributed by atoms with E-state index in [-0.39, 0.29) is 12.0 Å². The molecule has 1 amide bonds. The van der Waals surface area contributed by atoms with E-state index in [0.29, 0.717) is 18.2 Å². The molecule has 1 heterocycles. The van der Waals surface area contributed by atoms with Crippen LogP contribution in [0, 0.1) is 5.92 Å². The lowest BCUT2D eigenvalue weighted by Crippen LogP contribution is -2.34. The zero-order valence-corrected chi connectivity index (χ0v) is 13.4. The van der Waals surface area contributed by atoms with E-state index in [1.807, 2.05) is 24.3 Å². The average molecular weight is 315 g/mol. The quantitative estimate of drug-likeness (QED) is 0.849. The molecule has 1 unspecified atom stereocenters. The van der Waals surface area contributed by atoms with Crippen LogP contribution in [-0.2, 0) is 4.74 Å². The van der Waals surface area contributed by atoms with Crippen LogP contribution in [0.4, 0.5) is 0 Å². The van der Waals surface area contributed by atoms with Crippen molar-refractivity contribution in [3.8, 4) is 11.4 Å². The van der Waals surface area contributed by atoms with Gasteiger partial charge in [-0.3, -0.25) is 4.79 Å². The minimum atomic E-state index is -0.181. The summed E-state index contributed by atoms with van der Waals surface area (Å²) in [6.45, 7) is 0.523. The number of carbonyl (C=O) groups excluding carboxylic acids is 1. The Hall–Kier alpha value is -2.34. The van der Waals surface area contributed by atoms with Gasteiger partial charge in [0, 0.05) is 19.9 Å². The largest absolute Gasteiger partial charge is 0.497 e. The lowest BCUT2D eigenvalue weighted by molar-refractivity contribution is 0.0738. The third kappa shape index (κ3) is 3.71. The van der Waals surface area contributed by atoms with E-state index in [1.54, 1.807) is 31.2 Å². The minimum Gasteiger partial charge on any atom is -0.497 e. The first-order chi connectivity index (χ1) is 11.2. The number of benzene rings is 1. The predicted octanol–water partition coefficient (Wildman–Crippen LogP) is 2.04. The van der Waals surface area contributed by atoms with Crippen molar-refractivity contribution in [2.75, 3.05) is 20.8 Å². The summed E-state index contributed by atoms with van der Waals surface area (Å²) in [5, 5.41) is 7.22. The maximum atomic E-state index is 12.2. The normalized spacial score (nSPS) is 15.2. The van der Waals surface area contributed by atoms with Gasteiger partial charge in [-0.05, 0) is 49.1 Å². The Morgan fingerprint density at radius 1 is 1.30 bits per heavy atom. The van der Waals surface area contributed by atoms with Crippen LogP contribution >= 0.6 is 0 Å². The van der Waals surface area contributed by atoms with Crippen LogP contribution in [0.5, 0.6) is 5.75 Å². The third-order valence-corrected chi connectivity index (χ3v) is 4.07. The Morgan fingerprint density at radius 3 is 2.65 bits per heavy atom. The summed E-state index contributed by atoms with van der Waals surface area (Å²) < 4.78 is 12.2. The SMILES string of the molecule is COc1ccc(-n2ccc(C(=O)NCC(OC)C3CC3)n2)cc1. The molecule has 1 aliphatic rings. The second-order valence-electron chi connectivity index (χ2n) is 5.67. The monoisotopic (exact) mass is 315 g/mol. The number of ether oxygens (including phenoxy) is 2. The molecular formula is C17H21N3O3. The van der Waals surface area contributed by atoms with Crippen LogP contribution in [0.3, 0.4) is 0 Å². The van der Waals surface area contributed by atoms with E-state index < -0.39 is 0 Å². The lowest BCUT2D eigenvalue weighted by atomic mass is 10.2. The number of nitrogens with zero attached hydrogens (tertiary/aromatic N) is 2. The molecule has 0 bridgehead atoms. The van der Waals surface area contributed by atoms with Gasteiger partial charge >= 0.3 is 0 Å². The van der Waals surface area contributed by atoms with Gasteiger partial charge in [-0.1, -0.05) is 0 Å². The number of aromatic nitrogens is 2. The molecule has 0 saturated heterocycles. The highest BCUT2D eigenvalue weighted by Crippen LogP contribution is 2.33. The van der Waals surface area contributed by atoms with Crippen molar-refractivity contribution in [2.24, 2.45) is 5.92 Å². The van der Waals surface area contributed by atoms with Gasteiger partial charge in [-0.25, -0.2) is 4.68 Å². The van der Waals surface area contributed by atoms with Gasteiger partial charge in [0.25, 0.3) is 5.91 Å². The molecule has 0 aliphatic heterocycles. The Morgan fingerprint density at radius 2 is 2.04 bits per heavy atom. The van der Waals surface area contributed by atoms with Crippen LogP contribution in [0.1, 0.15) is 23.3 Å². The fourth-order valence-corrected chi connectivity index (χ4v) is 2.52. The summed E-state index contributed by atoms with van der Waals surface area (Å²) in [5.74, 6) is 1.18. The molecule has 1 N–H and O–H groups in total. The summed E-state index contributed by atoms with van der Waals surface area (Å²) in [4.78, 5) is 12.2. The van der Waals surface area contributed by atoms with E-state index in [9.17, 15) is 4.79 Å². The van der Waals surface area contributed by atoms with Crippen molar-refractivity contribution in [3.63, 3.8) is 0 Å². The molecule has 1 atom stereocenters. The molecule has 122 valence electrons. The van der Waals surface area contributed by atoms with Gasteiger partial charge < -0.3 is 14.8 Å². The van der Waals surface area contributed by atoms with Crippen LogP contribution in [0.25, 0.3) is 5.69 Å². The van der Waals surface area contributed by atoms with Gasteiger partial charge in [-0.15, -0.1) is 0 Å². The van der Waals surface area contributed by atoms with Crippen LogP contribution < -0.4 is 10.1 Å². The number of hydrogen-bond acceptors (Lipinski definition) is 4. The molecule has 6 heteroatoms. The highest BCUT2D eigenvalue weighted by molar-refractivity contribution is 5.92. The number of nitrogens with one attached hydrogen (secondary N) is 1. The maximum absolute atomic E-state index is 12.2. The molecule has 1 aromatic carbocycles.